The van der Waals surface area contributed by atoms with Gasteiger partial charge in [-0.25, -0.2) is 4.57 Å². The fourth-order valence-corrected chi connectivity index (χ4v) is 5.22. The summed E-state index contributed by atoms with van der Waals surface area (Å²) < 4.78 is 4.83. The summed E-state index contributed by atoms with van der Waals surface area (Å²) in [6.45, 7) is 11.4. The number of hydrogen-bond donors (Lipinski definition) is 0. The van der Waals surface area contributed by atoms with Gasteiger partial charge in [-0.2, -0.15) is 4.40 Å². The molecule has 0 atom stereocenters. The number of aromatic nitrogens is 3. The maximum Gasteiger partial charge on any atom is 0.297 e. The maximum atomic E-state index is 4.93. The topological polar surface area (TPSA) is 21.2 Å². The fraction of sp³-hybridized carbons (Fsp3) is 0.357. The summed E-state index contributed by atoms with van der Waals surface area (Å²) in [4.78, 5) is 4.93. The smallest absolute Gasteiger partial charge is 0.255 e. The zero-order chi connectivity index (χ0) is 21.9. The van der Waals surface area contributed by atoms with E-state index in [9.17, 15) is 0 Å². The van der Waals surface area contributed by atoms with Gasteiger partial charge in [0.1, 0.15) is 5.52 Å². The summed E-state index contributed by atoms with van der Waals surface area (Å²) in [6.07, 6.45) is 4.11. The fourth-order valence-electron chi connectivity index (χ4n) is 5.22. The van der Waals surface area contributed by atoms with Gasteiger partial charge in [-0.3, -0.25) is 4.98 Å². The van der Waals surface area contributed by atoms with Gasteiger partial charge in [-0.05, 0) is 72.6 Å². The number of rotatable bonds is 4. The highest BCUT2D eigenvalue weighted by Crippen LogP contribution is 2.34. The zero-order valence-corrected chi connectivity index (χ0v) is 19.5. The van der Waals surface area contributed by atoms with Crippen LogP contribution >= 0.6 is 0 Å². The van der Waals surface area contributed by atoms with Crippen molar-refractivity contribution < 1.29 is 4.57 Å². The van der Waals surface area contributed by atoms with Crippen molar-refractivity contribution in [2.24, 2.45) is 18.9 Å². The number of fused-ring (bicyclic) bond motifs is 8. The van der Waals surface area contributed by atoms with Crippen molar-refractivity contribution in [3.8, 4) is 0 Å². The molecule has 0 bridgehead atoms. The predicted octanol–water partition coefficient (Wildman–Crippen LogP) is 6.32. The first-order valence-corrected chi connectivity index (χ1v) is 11.5. The average Bonchev–Trinajstić information content (AvgIpc) is 3.00. The quantitative estimate of drug-likeness (QED) is 0.251. The molecular formula is C28H32N3+. The van der Waals surface area contributed by atoms with Crippen LogP contribution in [0.25, 0.3) is 38.5 Å². The van der Waals surface area contributed by atoms with Gasteiger partial charge in [0, 0.05) is 6.20 Å². The number of imidazole rings is 1. The van der Waals surface area contributed by atoms with E-state index >= 15 is 0 Å². The van der Waals surface area contributed by atoms with Gasteiger partial charge in [-0.1, -0.05) is 45.9 Å². The van der Waals surface area contributed by atoms with Gasteiger partial charge in [0.05, 0.1) is 23.3 Å². The third kappa shape index (κ3) is 3.10. The first-order chi connectivity index (χ1) is 14.9. The molecule has 0 amide bonds. The van der Waals surface area contributed by atoms with Gasteiger partial charge in [0.25, 0.3) is 5.65 Å². The van der Waals surface area contributed by atoms with E-state index in [0.717, 1.165) is 18.4 Å². The Morgan fingerprint density at radius 1 is 0.903 bits per heavy atom. The molecule has 0 aliphatic carbocycles. The second-order valence-electron chi connectivity index (χ2n) is 9.90. The van der Waals surface area contributed by atoms with Crippen molar-refractivity contribution in [2.75, 3.05) is 0 Å². The van der Waals surface area contributed by atoms with Crippen molar-refractivity contribution in [2.45, 2.75) is 47.5 Å². The number of pyridine rings is 2. The molecule has 158 valence electrons. The first kappa shape index (κ1) is 20.0. The van der Waals surface area contributed by atoms with Crippen LogP contribution in [-0.2, 0) is 19.9 Å². The number of aryl methyl sites for hydroxylation is 2. The Balaban J connectivity index is 2.05. The van der Waals surface area contributed by atoms with E-state index in [0.29, 0.717) is 11.8 Å². The van der Waals surface area contributed by atoms with Crippen LogP contribution in [0.4, 0.5) is 0 Å². The van der Waals surface area contributed by atoms with E-state index in [-0.39, 0.29) is 0 Å². The molecule has 5 aromatic rings. The highest BCUT2D eigenvalue weighted by atomic mass is 15.1. The Hall–Kier alpha value is -2.94. The minimum absolute atomic E-state index is 0.594. The number of nitrogens with zero attached hydrogens (tertiary/aromatic N) is 3. The molecule has 0 saturated carbocycles. The summed E-state index contributed by atoms with van der Waals surface area (Å²) in [7, 11) is 2.19. The molecule has 5 rings (SSSR count). The molecule has 0 spiro atoms. The molecule has 3 heterocycles. The van der Waals surface area contributed by atoms with E-state index in [1.165, 1.54) is 49.7 Å². The maximum absolute atomic E-state index is 4.93. The SMILES string of the molecule is Cc1ccnc2c3c(CC(C)C)cccc3n3c4cc(CC(C)C)ccc4[n+](C)c3c12. The minimum atomic E-state index is 0.594. The van der Waals surface area contributed by atoms with Gasteiger partial charge < -0.3 is 0 Å². The van der Waals surface area contributed by atoms with Crippen molar-refractivity contribution >= 4 is 38.5 Å². The highest BCUT2D eigenvalue weighted by Gasteiger charge is 2.26. The molecule has 3 nitrogen and oxygen atoms in total. The standard InChI is InChI=1S/C28H32N3/c1-17(2)14-20-10-11-22-24(16-20)31-23-9-7-8-21(15-18(3)4)26(23)27-25(28(31)30(22)6)19(5)12-13-29-27/h7-13,16-18H,14-15H2,1-6H3/q+1. The Labute approximate surface area is 184 Å². The third-order valence-corrected chi connectivity index (χ3v) is 6.43. The lowest BCUT2D eigenvalue weighted by atomic mass is 9.96. The zero-order valence-electron chi connectivity index (χ0n) is 19.5. The second kappa shape index (κ2) is 7.33. The van der Waals surface area contributed by atoms with Crippen molar-refractivity contribution in [3.63, 3.8) is 0 Å². The predicted molar refractivity (Wildman–Crippen MR) is 131 cm³/mol. The summed E-state index contributed by atoms with van der Waals surface area (Å²) in [5.41, 5.74) is 10.2. The molecule has 2 aromatic carbocycles. The van der Waals surface area contributed by atoms with Crippen molar-refractivity contribution in [3.05, 3.63) is 65.4 Å². The van der Waals surface area contributed by atoms with Crippen LogP contribution in [-0.4, -0.2) is 9.38 Å². The molecular weight excluding hydrogens is 378 g/mol. The van der Waals surface area contributed by atoms with Crippen LogP contribution in [0.15, 0.2) is 48.7 Å². The molecule has 3 heteroatoms. The lowest BCUT2D eigenvalue weighted by Crippen LogP contribution is -2.27. The number of hydrogen-bond acceptors (Lipinski definition) is 1. The molecule has 0 aliphatic rings. The monoisotopic (exact) mass is 410 g/mol. The van der Waals surface area contributed by atoms with Crippen LogP contribution in [0.2, 0.25) is 0 Å². The Kier molecular flexibility index (Phi) is 4.73. The normalized spacial score (nSPS) is 12.4. The van der Waals surface area contributed by atoms with E-state index in [1.807, 2.05) is 6.20 Å². The summed E-state index contributed by atoms with van der Waals surface area (Å²) in [5.74, 6) is 1.23. The third-order valence-electron chi connectivity index (χ3n) is 6.43. The van der Waals surface area contributed by atoms with Crippen LogP contribution < -0.4 is 4.57 Å². The van der Waals surface area contributed by atoms with Gasteiger partial charge in [0.2, 0.25) is 0 Å². The Morgan fingerprint density at radius 3 is 2.42 bits per heavy atom. The molecule has 0 N–H and O–H groups in total. The van der Waals surface area contributed by atoms with Gasteiger partial charge >= 0.3 is 0 Å². The molecule has 0 aliphatic heterocycles. The highest BCUT2D eigenvalue weighted by molar-refractivity contribution is 6.13. The second-order valence-corrected chi connectivity index (χ2v) is 9.90. The van der Waals surface area contributed by atoms with Crippen molar-refractivity contribution in [1.82, 2.24) is 9.38 Å². The Morgan fingerprint density at radius 2 is 1.68 bits per heavy atom. The van der Waals surface area contributed by atoms with Gasteiger partial charge in [0.15, 0.2) is 11.0 Å². The summed E-state index contributed by atoms with van der Waals surface area (Å²) in [6, 6.07) is 15.9. The molecule has 0 unspecified atom stereocenters. The molecule has 0 fully saturated rings. The molecule has 0 radical (unpaired) electrons. The minimum Gasteiger partial charge on any atom is -0.255 e. The molecule has 31 heavy (non-hydrogen) atoms. The number of benzene rings is 2. The van der Waals surface area contributed by atoms with E-state index in [4.69, 9.17) is 4.98 Å². The molecule has 3 aromatic heterocycles. The van der Waals surface area contributed by atoms with E-state index in [2.05, 4.69) is 93.1 Å². The van der Waals surface area contributed by atoms with E-state index in [1.54, 1.807) is 0 Å². The van der Waals surface area contributed by atoms with Gasteiger partial charge in [-0.15, -0.1) is 0 Å². The van der Waals surface area contributed by atoms with E-state index < -0.39 is 0 Å². The van der Waals surface area contributed by atoms with Crippen LogP contribution in [0.1, 0.15) is 44.4 Å². The summed E-state index contributed by atoms with van der Waals surface area (Å²) in [5, 5.41) is 2.56. The molecule has 0 saturated heterocycles. The first-order valence-electron chi connectivity index (χ1n) is 11.5. The van der Waals surface area contributed by atoms with Crippen LogP contribution in [0, 0.1) is 18.8 Å². The lowest BCUT2D eigenvalue weighted by Gasteiger charge is -2.12. The Bertz CT molecular complexity index is 1450. The largest absolute Gasteiger partial charge is 0.297 e. The van der Waals surface area contributed by atoms with Crippen LogP contribution in [0.3, 0.4) is 0 Å². The lowest BCUT2D eigenvalue weighted by molar-refractivity contribution is -0.617. The summed E-state index contributed by atoms with van der Waals surface area (Å²) >= 11 is 0. The average molecular weight is 411 g/mol. The van der Waals surface area contributed by atoms with Crippen molar-refractivity contribution in [1.29, 1.82) is 0 Å². The van der Waals surface area contributed by atoms with Crippen LogP contribution in [0.5, 0.6) is 0 Å².